The van der Waals surface area contributed by atoms with Gasteiger partial charge in [-0.25, -0.2) is 4.39 Å². The highest BCUT2D eigenvalue weighted by molar-refractivity contribution is 6.20. The van der Waals surface area contributed by atoms with Crippen LogP contribution in [-0.4, -0.2) is 16.0 Å². The molecule has 0 N–H and O–H groups in total. The van der Waals surface area contributed by atoms with Crippen molar-refractivity contribution in [3.63, 3.8) is 0 Å². The van der Waals surface area contributed by atoms with Crippen LogP contribution in [0.15, 0.2) is 72.9 Å². The molecule has 138 valence electrons. The van der Waals surface area contributed by atoms with Gasteiger partial charge in [-0.15, -0.1) is 0 Å². The third kappa shape index (κ3) is 2.83. The number of pyridine rings is 1. The van der Waals surface area contributed by atoms with Gasteiger partial charge in [-0.2, -0.15) is 0 Å². The van der Waals surface area contributed by atoms with E-state index >= 15 is 0 Å². The summed E-state index contributed by atoms with van der Waals surface area (Å²) in [5.41, 5.74) is 3.55. The average molecular weight is 371 g/mol. The molecule has 2 aromatic carbocycles. The zero-order chi connectivity index (χ0) is 19.8. The summed E-state index contributed by atoms with van der Waals surface area (Å²) < 4.78 is 15.9. The van der Waals surface area contributed by atoms with Crippen molar-refractivity contribution in [3.8, 4) is 11.1 Å². The van der Waals surface area contributed by atoms with Gasteiger partial charge in [-0.3, -0.25) is 9.59 Å². The van der Waals surface area contributed by atoms with Crippen LogP contribution >= 0.6 is 0 Å². The molecule has 0 aliphatic rings. The molecule has 3 nitrogen and oxygen atoms in total. The van der Waals surface area contributed by atoms with E-state index in [2.05, 4.69) is 0 Å². The molecular weight excluding hydrogens is 353 g/mol. The van der Waals surface area contributed by atoms with Gasteiger partial charge in [0.1, 0.15) is 5.82 Å². The summed E-state index contributed by atoms with van der Waals surface area (Å²) in [5.74, 6) is -0.884. The zero-order valence-electron chi connectivity index (χ0n) is 15.6. The Morgan fingerprint density at radius 3 is 2.32 bits per heavy atom. The molecule has 0 saturated heterocycles. The molecule has 0 bridgehead atoms. The lowest BCUT2D eigenvalue weighted by Gasteiger charge is -2.07. The second-order valence-corrected chi connectivity index (χ2v) is 6.77. The molecule has 0 amide bonds. The maximum absolute atomic E-state index is 14.1. The van der Waals surface area contributed by atoms with E-state index in [-0.39, 0.29) is 17.1 Å². The third-order valence-corrected chi connectivity index (χ3v) is 4.90. The van der Waals surface area contributed by atoms with E-state index in [1.165, 1.54) is 13.0 Å². The molecule has 2 heterocycles. The van der Waals surface area contributed by atoms with Crippen molar-refractivity contribution in [2.75, 3.05) is 0 Å². The second-order valence-electron chi connectivity index (χ2n) is 6.77. The molecule has 4 heteroatoms. The smallest absolute Gasteiger partial charge is 0.195 e. The van der Waals surface area contributed by atoms with Crippen LogP contribution in [0.25, 0.3) is 16.6 Å². The zero-order valence-corrected chi connectivity index (χ0v) is 15.6. The van der Waals surface area contributed by atoms with Gasteiger partial charge in [-0.05, 0) is 36.2 Å². The number of ketones is 2. The molecule has 0 spiro atoms. The molecule has 0 aliphatic carbocycles. The average Bonchev–Trinajstić information content (AvgIpc) is 3.05. The lowest BCUT2D eigenvalue weighted by molar-refractivity contribution is 0.101. The molecule has 0 unspecified atom stereocenters. The van der Waals surface area contributed by atoms with Crippen molar-refractivity contribution < 1.29 is 14.0 Å². The van der Waals surface area contributed by atoms with E-state index in [1.54, 1.807) is 35.7 Å². The van der Waals surface area contributed by atoms with Crippen molar-refractivity contribution in [2.24, 2.45) is 0 Å². The molecule has 0 saturated carbocycles. The number of rotatable bonds is 4. The molecular formula is C24H18FNO2. The second kappa shape index (κ2) is 6.89. The van der Waals surface area contributed by atoms with Crippen molar-refractivity contribution in [2.45, 2.75) is 13.8 Å². The predicted molar refractivity (Wildman–Crippen MR) is 107 cm³/mol. The van der Waals surface area contributed by atoms with Crippen molar-refractivity contribution in [3.05, 3.63) is 101 Å². The van der Waals surface area contributed by atoms with Gasteiger partial charge in [0.15, 0.2) is 11.6 Å². The number of carbonyl (C=O) groups excluding carboxylic acids is 2. The Kier molecular flexibility index (Phi) is 4.40. The Morgan fingerprint density at radius 2 is 1.64 bits per heavy atom. The Morgan fingerprint density at radius 1 is 0.929 bits per heavy atom. The number of aryl methyl sites for hydroxylation is 1. The number of aromatic nitrogens is 1. The largest absolute Gasteiger partial charge is 0.313 e. The Bertz CT molecular complexity index is 1220. The Labute approximate surface area is 162 Å². The minimum Gasteiger partial charge on any atom is -0.313 e. The first-order chi connectivity index (χ1) is 13.5. The van der Waals surface area contributed by atoms with Crippen LogP contribution in [0.3, 0.4) is 0 Å². The SMILES string of the molecule is CC(=O)c1c(-c2ccccc2)c(C(=O)c2ccc(C)c(F)c2)c2ccccn12. The van der Waals surface area contributed by atoms with E-state index in [0.717, 1.165) is 5.56 Å². The first-order valence-corrected chi connectivity index (χ1v) is 8.99. The van der Waals surface area contributed by atoms with Gasteiger partial charge < -0.3 is 4.40 Å². The van der Waals surface area contributed by atoms with Gasteiger partial charge in [0.05, 0.1) is 16.8 Å². The van der Waals surface area contributed by atoms with Crippen LogP contribution < -0.4 is 0 Å². The van der Waals surface area contributed by atoms with Gasteiger partial charge in [0.25, 0.3) is 0 Å². The number of nitrogens with zero attached hydrogens (tertiary/aromatic N) is 1. The maximum Gasteiger partial charge on any atom is 0.195 e. The minimum absolute atomic E-state index is 0.144. The van der Waals surface area contributed by atoms with Crippen LogP contribution in [-0.2, 0) is 0 Å². The summed E-state index contributed by atoms with van der Waals surface area (Å²) >= 11 is 0. The van der Waals surface area contributed by atoms with E-state index in [0.29, 0.717) is 27.9 Å². The summed E-state index contributed by atoms with van der Waals surface area (Å²) in [4.78, 5) is 26.0. The summed E-state index contributed by atoms with van der Waals surface area (Å²) in [7, 11) is 0. The van der Waals surface area contributed by atoms with Crippen LogP contribution in [0.5, 0.6) is 0 Å². The fourth-order valence-electron chi connectivity index (χ4n) is 3.55. The first kappa shape index (κ1) is 17.9. The summed E-state index contributed by atoms with van der Waals surface area (Å²) in [6.45, 7) is 3.14. The van der Waals surface area contributed by atoms with Gasteiger partial charge in [-0.1, -0.05) is 48.5 Å². The molecule has 4 rings (SSSR count). The van der Waals surface area contributed by atoms with Crippen LogP contribution in [0, 0.1) is 12.7 Å². The van der Waals surface area contributed by atoms with Crippen LogP contribution in [0.2, 0.25) is 0 Å². The number of fused-ring (bicyclic) bond motifs is 1. The van der Waals surface area contributed by atoms with Crippen molar-refractivity contribution >= 4 is 17.1 Å². The monoisotopic (exact) mass is 371 g/mol. The molecule has 28 heavy (non-hydrogen) atoms. The fourth-order valence-corrected chi connectivity index (χ4v) is 3.55. The Balaban J connectivity index is 2.08. The summed E-state index contributed by atoms with van der Waals surface area (Å²) in [6.07, 6.45) is 1.77. The highest BCUT2D eigenvalue weighted by Gasteiger charge is 2.27. The number of Topliss-reactive ketones (excluding diaryl/α,β-unsaturated/α-hetero) is 1. The lowest BCUT2D eigenvalue weighted by Crippen LogP contribution is -2.04. The number of halogens is 1. The van der Waals surface area contributed by atoms with E-state index < -0.39 is 5.82 Å². The van der Waals surface area contributed by atoms with Gasteiger partial charge in [0, 0.05) is 24.2 Å². The standard InChI is InChI=1S/C24H18FNO2/c1-15-11-12-18(14-19(15)25)24(28)22-20-10-6-7-13-26(20)23(16(2)27)21(22)17-8-4-3-5-9-17/h3-14H,1-2H3. The lowest BCUT2D eigenvalue weighted by atomic mass is 9.93. The number of hydrogen-bond donors (Lipinski definition) is 0. The predicted octanol–water partition coefficient (Wildman–Crippen LogP) is 5.49. The summed E-state index contributed by atoms with van der Waals surface area (Å²) in [5, 5.41) is 0. The van der Waals surface area contributed by atoms with E-state index in [1.807, 2.05) is 42.5 Å². The highest BCUT2D eigenvalue weighted by Crippen LogP contribution is 2.35. The molecule has 4 aromatic rings. The van der Waals surface area contributed by atoms with Crippen LogP contribution in [0.4, 0.5) is 4.39 Å². The molecule has 0 atom stereocenters. The fraction of sp³-hybridized carbons (Fsp3) is 0.0833. The van der Waals surface area contributed by atoms with Crippen molar-refractivity contribution in [1.82, 2.24) is 4.40 Å². The summed E-state index contributed by atoms with van der Waals surface area (Å²) in [6, 6.07) is 19.2. The Hall–Kier alpha value is -3.53. The third-order valence-electron chi connectivity index (χ3n) is 4.90. The number of benzene rings is 2. The van der Waals surface area contributed by atoms with Gasteiger partial charge >= 0.3 is 0 Å². The molecule has 0 radical (unpaired) electrons. The molecule has 0 fully saturated rings. The van der Waals surface area contributed by atoms with E-state index in [9.17, 15) is 14.0 Å². The number of carbonyl (C=O) groups is 2. The van der Waals surface area contributed by atoms with Crippen molar-refractivity contribution in [1.29, 1.82) is 0 Å². The topological polar surface area (TPSA) is 38.5 Å². The minimum atomic E-state index is -0.428. The highest BCUT2D eigenvalue weighted by atomic mass is 19.1. The van der Waals surface area contributed by atoms with Crippen LogP contribution in [0.1, 0.15) is 38.9 Å². The number of hydrogen-bond acceptors (Lipinski definition) is 2. The molecule has 2 aromatic heterocycles. The normalized spacial score (nSPS) is 11.0. The van der Waals surface area contributed by atoms with E-state index in [4.69, 9.17) is 0 Å². The first-order valence-electron chi connectivity index (χ1n) is 8.99. The quantitative estimate of drug-likeness (QED) is 0.445. The van der Waals surface area contributed by atoms with Gasteiger partial charge in [0.2, 0.25) is 0 Å². The maximum atomic E-state index is 14.1. The molecule has 0 aliphatic heterocycles.